The molecule has 5 rings (SSSR count). The number of carbonyl (C=O) groups is 5. The van der Waals surface area contributed by atoms with Crippen LogP contribution in [0.1, 0.15) is 57.4 Å². The summed E-state index contributed by atoms with van der Waals surface area (Å²) in [6.07, 6.45) is 1.03. The number of hydrogen-bond donors (Lipinski definition) is 4. The highest BCUT2D eigenvalue weighted by Crippen LogP contribution is 2.65. The number of aromatic nitrogens is 1. The number of nitrogens with zero attached hydrogens (tertiary/aromatic N) is 1. The van der Waals surface area contributed by atoms with Crippen LogP contribution in [-0.4, -0.2) is 76.4 Å². The summed E-state index contributed by atoms with van der Waals surface area (Å²) < 4.78 is 14.2. The molecule has 2 aliphatic heterocycles. The van der Waals surface area contributed by atoms with Crippen LogP contribution in [0.25, 0.3) is 10.9 Å². The van der Waals surface area contributed by atoms with E-state index in [0.717, 1.165) is 0 Å². The SMILES string of the molecule is CC(C)C[C@H](NC(=O)c1cc2c(F)cccc2[nH]1)C(=O)N1C[C@H]2[C@@H]([C@H]1C(=O)NC(C[C@@H]1CCNC1=O)C(=O)CCl)C2(C)C. The van der Waals surface area contributed by atoms with Crippen LogP contribution in [0.3, 0.4) is 0 Å². The van der Waals surface area contributed by atoms with Gasteiger partial charge in [-0.15, -0.1) is 11.6 Å². The number of fused-ring (bicyclic) bond motifs is 2. The van der Waals surface area contributed by atoms with Crippen LogP contribution in [0.2, 0.25) is 0 Å². The number of nitrogens with one attached hydrogen (secondary N) is 4. The van der Waals surface area contributed by atoms with E-state index in [1.807, 2.05) is 13.8 Å². The fourth-order valence-corrected chi connectivity index (χ4v) is 7.14. The molecule has 10 nitrogen and oxygen atoms in total. The molecule has 4 N–H and O–H groups in total. The number of alkyl halides is 1. The third kappa shape index (κ3) is 6.01. The number of amides is 4. The standard InChI is InChI=1S/C31H39ClFN5O5/c1-15(2)10-23(37-28(41)22-12-17-19(33)6-5-7-20(17)35-22)30(43)38-14-18-25(31(18,3)4)26(38)29(42)36-21(24(39)13-32)11-16-8-9-34-27(16)40/h5-7,12,15-16,18,21,23,25-26,35H,8-11,13-14H2,1-4H3,(H,34,40)(H,36,42)(H,37,41)/t16-,18-,21?,23-,25-,26-/m0/s1. The molecule has 0 bridgehead atoms. The Bertz CT molecular complexity index is 1460. The van der Waals surface area contributed by atoms with Gasteiger partial charge in [0.05, 0.1) is 11.9 Å². The largest absolute Gasteiger partial charge is 0.356 e. The Morgan fingerprint density at radius 1 is 1.16 bits per heavy atom. The van der Waals surface area contributed by atoms with Gasteiger partial charge in [-0.05, 0) is 60.6 Å². The molecule has 1 aromatic heterocycles. The first-order chi connectivity index (χ1) is 20.3. The number of halogens is 2. The summed E-state index contributed by atoms with van der Waals surface area (Å²) >= 11 is 5.87. The van der Waals surface area contributed by atoms with Crippen molar-refractivity contribution in [3.05, 3.63) is 35.8 Å². The molecule has 1 aromatic carbocycles. The van der Waals surface area contributed by atoms with Gasteiger partial charge in [0.1, 0.15) is 23.6 Å². The van der Waals surface area contributed by atoms with Gasteiger partial charge in [0.15, 0.2) is 5.78 Å². The lowest BCUT2D eigenvalue weighted by atomic mass is 9.94. The van der Waals surface area contributed by atoms with Gasteiger partial charge < -0.3 is 25.8 Å². The van der Waals surface area contributed by atoms with Crippen LogP contribution in [0.4, 0.5) is 4.39 Å². The van der Waals surface area contributed by atoms with Crippen molar-refractivity contribution in [2.75, 3.05) is 19.0 Å². The lowest BCUT2D eigenvalue weighted by Gasteiger charge is -2.34. The van der Waals surface area contributed by atoms with Gasteiger partial charge in [-0.25, -0.2) is 4.39 Å². The normalized spacial score (nSPS) is 25.3. The number of H-pyrrole nitrogens is 1. The first-order valence-electron chi connectivity index (χ1n) is 14.9. The number of hydrogen-bond acceptors (Lipinski definition) is 5. The summed E-state index contributed by atoms with van der Waals surface area (Å²) in [5.74, 6) is -3.14. The van der Waals surface area contributed by atoms with Crippen LogP contribution in [0.15, 0.2) is 24.3 Å². The number of piperidine rings is 1. The molecular weight excluding hydrogens is 577 g/mol. The van der Waals surface area contributed by atoms with Gasteiger partial charge in [0, 0.05) is 29.9 Å². The molecule has 6 atom stereocenters. The van der Waals surface area contributed by atoms with E-state index in [9.17, 15) is 28.4 Å². The molecule has 3 heterocycles. The van der Waals surface area contributed by atoms with Crippen molar-refractivity contribution < 1.29 is 28.4 Å². The van der Waals surface area contributed by atoms with Crippen LogP contribution < -0.4 is 16.0 Å². The monoisotopic (exact) mass is 615 g/mol. The molecule has 1 aliphatic carbocycles. The molecule has 12 heteroatoms. The van der Waals surface area contributed by atoms with E-state index < -0.39 is 47.5 Å². The maximum absolute atomic E-state index is 14.2. The van der Waals surface area contributed by atoms with Crippen molar-refractivity contribution in [2.45, 2.75) is 65.1 Å². The first kappa shape index (κ1) is 31.0. The topological polar surface area (TPSA) is 140 Å². The second kappa shape index (κ2) is 11.9. The molecule has 0 spiro atoms. The number of likely N-dealkylation sites (tertiary alicyclic amines) is 1. The van der Waals surface area contributed by atoms with E-state index in [0.29, 0.717) is 31.4 Å². The molecular formula is C31H39ClFN5O5. The van der Waals surface area contributed by atoms with E-state index in [1.54, 1.807) is 12.1 Å². The summed E-state index contributed by atoms with van der Waals surface area (Å²) in [5.41, 5.74) is 0.410. The van der Waals surface area contributed by atoms with Gasteiger partial charge in [0.2, 0.25) is 17.7 Å². The quantitative estimate of drug-likeness (QED) is 0.288. The third-order valence-electron chi connectivity index (χ3n) is 9.45. The number of aromatic amines is 1. The lowest BCUT2D eigenvalue weighted by Crippen LogP contribution is -2.58. The fourth-order valence-electron chi connectivity index (χ4n) is 6.96. The van der Waals surface area contributed by atoms with Crippen molar-refractivity contribution in [1.29, 1.82) is 0 Å². The number of Topliss-reactive ketones (excluding diaryl/α,β-unsaturated/α-hetero) is 1. The first-order valence-corrected chi connectivity index (χ1v) is 15.4. The smallest absolute Gasteiger partial charge is 0.268 e. The third-order valence-corrected chi connectivity index (χ3v) is 9.71. The maximum Gasteiger partial charge on any atom is 0.268 e. The second-order valence-electron chi connectivity index (χ2n) is 13.1. The Labute approximate surface area is 254 Å². The zero-order chi connectivity index (χ0) is 31.2. The van der Waals surface area contributed by atoms with Gasteiger partial charge in [-0.3, -0.25) is 24.0 Å². The minimum absolute atomic E-state index is 0.0403. The molecule has 2 aromatic rings. The number of carbonyl (C=O) groups excluding carboxylic acids is 5. The Hall–Kier alpha value is -3.47. The molecule has 3 aliphatic rings. The Morgan fingerprint density at radius 2 is 1.91 bits per heavy atom. The molecule has 1 unspecified atom stereocenters. The fraction of sp³-hybridized carbons (Fsp3) is 0.581. The predicted octanol–water partition coefficient (Wildman–Crippen LogP) is 2.75. The molecule has 1 saturated carbocycles. The summed E-state index contributed by atoms with van der Waals surface area (Å²) in [6.45, 7) is 8.82. The van der Waals surface area contributed by atoms with E-state index in [2.05, 4.69) is 34.8 Å². The average molecular weight is 616 g/mol. The van der Waals surface area contributed by atoms with E-state index in [-0.39, 0.29) is 58.4 Å². The van der Waals surface area contributed by atoms with Crippen molar-refractivity contribution >= 4 is 51.9 Å². The van der Waals surface area contributed by atoms with E-state index in [4.69, 9.17) is 11.6 Å². The minimum Gasteiger partial charge on any atom is -0.356 e. The van der Waals surface area contributed by atoms with Crippen molar-refractivity contribution in [3.63, 3.8) is 0 Å². The van der Waals surface area contributed by atoms with Crippen LogP contribution in [-0.2, 0) is 19.2 Å². The Morgan fingerprint density at radius 3 is 2.53 bits per heavy atom. The molecule has 232 valence electrons. The predicted molar refractivity (Wildman–Crippen MR) is 159 cm³/mol. The average Bonchev–Trinajstić information content (AvgIpc) is 3.47. The Kier molecular flexibility index (Phi) is 8.57. The summed E-state index contributed by atoms with van der Waals surface area (Å²) in [7, 11) is 0. The van der Waals surface area contributed by atoms with Crippen molar-refractivity contribution in [2.24, 2.45) is 29.1 Å². The van der Waals surface area contributed by atoms with Gasteiger partial charge in [-0.1, -0.05) is 33.8 Å². The molecule has 2 saturated heterocycles. The molecule has 43 heavy (non-hydrogen) atoms. The van der Waals surface area contributed by atoms with Gasteiger partial charge >= 0.3 is 0 Å². The highest BCUT2D eigenvalue weighted by Gasteiger charge is 2.69. The molecule has 3 fully saturated rings. The van der Waals surface area contributed by atoms with Crippen LogP contribution in [0, 0.1) is 34.9 Å². The van der Waals surface area contributed by atoms with Crippen LogP contribution >= 0.6 is 11.6 Å². The summed E-state index contributed by atoms with van der Waals surface area (Å²) in [4.78, 5) is 70.6. The summed E-state index contributed by atoms with van der Waals surface area (Å²) in [5, 5.41) is 8.67. The summed E-state index contributed by atoms with van der Waals surface area (Å²) in [6, 6.07) is 3.20. The second-order valence-corrected chi connectivity index (χ2v) is 13.4. The highest BCUT2D eigenvalue weighted by molar-refractivity contribution is 6.28. The zero-order valence-corrected chi connectivity index (χ0v) is 25.6. The highest BCUT2D eigenvalue weighted by atomic mass is 35.5. The van der Waals surface area contributed by atoms with Gasteiger partial charge in [-0.2, -0.15) is 0 Å². The van der Waals surface area contributed by atoms with E-state index in [1.165, 1.54) is 17.0 Å². The Balaban J connectivity index is 1.36. The van der Waals surface area contributed by atoms with Crippen molar-refractivity contribution in [1.82, 2.24) is 25.8 Å². The zero-order valence-electron chi connectivity index (χ0n) is 24.8. The van der Waals surface area contributed by atoms with Crippen LogP contribution in [0.5, 0.6) is 0 Å². The van der Waals surface area contributed by atoms with Gasteiger partial charge in [0.25, 0.3) is 5.91 Å². The van der Waals surface area contributed by atoms with E-state index >= 15 is 0 Å². The number of rotatable bonds is 11. The number of benzene rings is 1. The minimum atomic E-state index is -0.953. The molecule has 4 amide bonds. The number of ketones is 1. The molecule has 0 radical (unpaired) electrons. The lowest BCUT2D eigenvalue weighted by molar-refractivity contribution is -0.142. The maximum atomic E-state index is 14.2. The van der Waals surface area contributed by atoms with Crippen molar-refractivity contribution in [3.8, 4) is 0 Å².